The largest absolute Gasteiger partial charge is 0.286 e. The van der Waals surface area contributed by atoms with E-state index < -0.39 is 0 Å². The molecule has 0 atom stereocenters. The van der Waals surface area contributed by atoms with E-state index in [1.165, 1.54) is 6.08 Å². The lowest BCUT2D eigenvalue weighted by molar-refractivity contribution is 0.658. The number of rotatable bonds is 0. The maximum atomic E-state index is 13.2. The van der Waals surface area contributed by atoms with Crippen molar-refractivity contribution >= 4 is 11.4 Å². The molecule has 1 aliphatic rings. The smallest absolute Gasteiger partial charge is 0.128 e. The van der Waals surface area contributed by atoms with E-state index in [0.717, 1.165) is 11.3 Å². The van der Waals surface area contributed by atoms with Gasteiger partial charge in [0.1, 0.15) is 5.83 Å². The second kappa shape index (κ2) is 3.64. The van der Waals surface area contributed by atoms with E-state index in [1.807, 2.05) is 6.92 Å². The number of aliphatic imine (C=N–C) groups is 2. The first kappa shape index (κ1) is 9.84. The number of allylic oxidation sites excluding steroid dienone is 4. The van der Waals surface area contributed by atoms with Crippen LogP contribution in [0.15, 0.2) is 33.0 Å². The molecule has 0 radical (unpaired) electrons. The molecule has 3 heteroatoms. The third-order valence-electron chi connectivity index (χ3n) is 2.10. The summed E-state index contributed by atoms with van der Waals surface area (Å²) in [4.78, 5) is 8.11. The average molecular weight is 180 g/mol. The van der Waals surface area contributed by atoms with Crippen LogP contribution in [0.1, 0.15) is 13.8 Å². The minimum atomic E-state index is -0.217. The van der Waals surface area contributed by atoms with Crippen LogP contribution in [0.25, 0.3) is 0 Å². The number of nitrogens with zero attached hydrogens (tertiary/aromatic N) is 2. The molecule has 0 aromatic rings. The van der Waals surface area contributed by atoms with Gasteiger partial charge in [0.05, 0.1) is 11.4 Å². The third kappa shape index (κ3) is 1.59. The Morgan fingerprint density at radius 2 is 1.62 bits per heavy atom. The SMILES string of the molecule is CN=C1C(C)=CC(F)=C(C)C1=NC. The normalized spacial score (nSPS) is 24.2. The minimum Gasteiger partial charge on any atom is -0.286 e. The quantitative estimate of drug-likeness (QED) is 0.511. The van der Waals surface area contributed by atoms with Crippen LogP contribution in [0.5, 0.6) is 0 Å². The number of hydrogen-bond acceptors (Lipinski definition) is 2. The molecule has 0 bridgehead atoms. The Hall–Kier alpha value is -1.25. The summed E-state index contributed by atoms with van der Waals surface area (Å²) in [6.45, 7) is 3.55. The molecule has 0 aromatic carbocycles. The fraction of sp³-hybridized carbons (Fsp3) is 0.400. The van der Waals surface area contributed by atoms with Gasteiger partial charge < -0.3 is 0 Å². The van der Waals surface area contributed by atoms with Crippen LogP contribution in [-0.2, 0) is 0 Å². The first-order chi connectivity index (χ1) is 6.11. The lowest BCUT2D eigenvalue weighted by atomic mass is 9.95. The van der Waals surface area contributed by atoms with Crippen molar-refractivity contribution in [1.29, 1.82) is 0 Å². The molecule has 0 unspecified atom stereocenters. The summed E-state index contributed by atoms with van der Waals surface area (Å²) in [6, 6.07) is 0. The average Bonchev–Trinajstić information content (AvgIpc) is 2.10. The highest BCUT2D eigenvalue weighted by Crippen LogP contribution is 2.20. The van der Waals surface area contributed by atoms with Gasteiger partial charge in [0.2, 0.25) is 0 Å². The molecule has 0 saturated heterocycles. The van der Waals surface area contributed by atoms with Gasteiger partial charge in [-0.1, -0.05) is 0 Å². The molecule has 0 N–H and O–H groups in total. The standard InChI is InChI=1S/C10H13FN2/c1-6-5-8(11)7(2)10(13-4)9(6)12-3/h5H,1-4H3. The Kier molecular flexibility index (Phi) is 2.76. The Balaban J connectivity index is 3.33. The van der Waals surface area contributed by atoms with Gasteiger partial charge in [-0.15, -0.1) is 0 Å². The van der Waals surface area contributed by atoms with Crippen molar-refractivity contribution in [2.45, 2.75) is 13.8 Å². The molecule has 0 aromatic heterocycles. The topological polar surface area (TPSA) is 24.7 Å². The highest BCUT2D eigenvalue weighted by molar-refractivity contribution is 6.54. The van der Waals surface area contributed by atoms with Crippen molar-refractivity contribution in [3.8, 4) is 0 Å². The minimum absolute atomic E-state index is 0.217. The van der Waals surface area contributed by atoms with Crippen molar-refractivity contribution in [1.82, 2.24) is 0 Å². The molecule has 0 amide bonds. The summed E-state index contributed by atoms with van der Waals surface area (Å²) in [5.41, 5.74) is 2.82. The predicted octanol–water partition coefficient (Wildman–Crippen LogP) is 2.33. The van der Waals surface area contributed by atoms with Crippen molar-refractivity contribution < 1.29 is 4.39 Å². The molecule has 0 heterocycles. The van der Waals surface area contributed by atoms with Crippen LogP contribution in [0.4, 0.5) is 4.39 Å². The maximum Gasteiger partial charge on any atom is 0.128 e. The molecule has 13 heavy (non-hydrogen) atoms. The zero-order valence-electron chi connectivity index (χ0n) is 8.35. The van der Waals surface area contributed by atoms with Gasteiger partial charge in [-0.2, -0.15) is 0 Å². The van der Waals surface area contributed by atoms with E-state index in [0.29, 0.717) is 11.3 Å². The Morgan fingerprint density at radius 1 is 1.08 bits per heavy atom. The van der Waals surface area contributed by atoms with Crippen LogP contribution >= 0.6 is 0 Å². The van der Waals surface area contributed by atoms with Gasteiger partial charge >= 0.3 is 0 Å². The van der Waals surface area contributed by atoms with Crippen LogP contribution in [0.2, 0.25) is 0 Å². The summed E-state index contributed by atoms with van der Waals surface area (Å²) < 4.78 is 13.2. The van der Waals surface area contributed by atoms with E-state index in [-0.39, 0.29) is 5.83 Å². The van der Waals surface area contributed by atoms with E-state index in [4.69, 9.17) is 0 Å². The molecule has 1 rings (SSSR count). The fourth-order valence-electron chi connectivity index (χ4n) is 1.40. The highest BCUT2D eigenvalue weighted by Gasteiger charge is 2.19. The summed E-state index contributed by atoms with van der Waals surface area (Å²) in [6.07, 6.45) is 1.49. The molecular formula is C10H13FN2. The summed E-state index contributed by atoms with van der Waals surface area (Å²) in [7, 11) is 3.34. The molecule has 2 nitrogen and oxygen atoms in total. The van der Waals surface area contributed by atoms with Gasteiger partial charge in [0.25, 0.3) is 0 Å². The monoisotopic (exact) mass is 180 g/mol. The van der Waals surface area contributed by atoms with Crippen LogP contribution in [0.3, 0.4) is 0 Å². The summed E-state index contributed by atoms with van der Waals surface area (Å²) in [5.74, 6) is -0.217. The van der Waals surface area contributed by atoms with Crippen molar-refractivity contribution in [3.05, 3.63) is 23.0 Å². The maximum absolute atomic E-state index is 13.2. The van der Waals surface area contributed by atoms with Crippen LogP contribution < -0.4 is 0 Å². The number of hydrogen-bond donors (Lipinski definition) is 0. The van der Waals surface area contributed by atoms with Crippen molar-refractivity contribution in [2.24, 2.45) is 9.98 Å². The molecule has 1 aliphatic carbocycles. The molecule has 0 saturated carbocycles. The highest BCUT2D eigenvalue weighted by atomic mass is 19.1. The van der Waals surface area contributed by atoms with E-state index >= 15 is 0 Å². The van der Waals surface area contributed by atoms with Crippen LogP contribution in [-0.4, -0.2) is 25.5 Å². The molecule has 0 spiro atoms. The summed E-state index contributed by atoms with van der Waals surface area (Å²) in [5, 5.41) is 0. The molecule has 70 valence electrons. The lowest BCUT2D eigenvalue weighted by Crippen LogP contribution is -2.21. The van der Waals surface area contributed by atoms with Gasteiger partial charge in [0.15, 0.2) is 0 Å². The van der Waals surface area contributed by atoms with Gasteiger partial charge in [-0.25, -0.2) is 4.39 Å². The zero-order valence-corrected chi connectivity index (χ0v) is 8.35. The van der Waals surface area contributed by atoms with Gasteiger partial charge in [-0.3, -0.25) is 9.98 Å². The second-order valence-electron chi connectivity index (χ2n) is 2.94. The zero-order chi connectivity index (χ0) is 10.0. The lowest BCUT2D eigenvalue weighted by Gasteiger charge is -2.15. The van der Waals surface area contributed by atoms with Crippen LogP contribution in [0, 0.1) is 0 Å². The number of halogens is 1. The Bertz CT molecular complexity index is 342. The third-order valence-corrected chi connectivity index (χ3v) is 2.10. The van der Waals surface area contributed by atoms with Gasteiger partial charge in [-0.05, 0) is 25.5 Å². The van der Waals surface area contributed by atoms with E-state index in [9.17, 15) is 4.39 Å². The van der Waals surface area contributed by atoms with E-state index in [2.05, 4.69) is 9.98 Å². The Labute approximate surface area is 77.6 Å². The predicted molar refractivity (Wildman–Crippen MR) is 54.3 cm³/mol. The first-order valence-corrected chi connectivity index (χ1v) is 4.11. The Morgan fingerprint density at radius 3 is 2.08 bits per heavy atom. The summed E-state index contributed by atoms with van der Waals surface area (Å²) >= 11 is 0. The molecule has 0 fully saturated rings. The first-order valence-electron chi connectivity index (χ1n) is 4.11. The van der Waals surface area contributed by atoms with Gasteiger partial charge in [0, 0.05) is 19.7 Å². The van der Waals surface area contributed by atoms with E-state index in [1.54, 1.807) is 21.0 Å². The second-order valence-corrected chi connectivity index (χ2v) is 2.94. The molecular weight excluding hydrogens is 167 g/mol. The van der Waals surface area contributed by atoms with Crippen molar-refractivity contribution in [2.75, 3.05) is 14.1 Å². The molecule has 0 aliphatic heterocycles. The fourth-order valence-corrected chi connectivity index (χ4v) is 1.40. The van der Waals surface area contributed by atoms with Crippen molar-refractivity contribution in [3.63, 3.8) is 0 Å².